The second kappa shape index (κ2) is 6.87. The minimum Gasteiger partial charge on any atom is -0.481 e. The molecule has 8 nitrogen and oxygen atoms in total. The van der Waals surface area contributed by atoms with Gasteiger partial charge in [0.2, 0.25) is 0 Å². The third kappa shape index (κ3) is 5.64. The van der Waals surface area contributed by atoms with Gasteiger partial charge in [0.15, 0.2) is 5.69 Å². The summed E-state index contributed by atoms with van der Waals surface area (Å²) in [5.74, 6) is -1.50. The maximum Gasteiger partial charge on any atom is 0.321 e. The molecule has 0 saturated carbocycles. The number of nitrogens with one attached hydrogen (secondary N) is 2. The Morgan fingerprint density at radius 2 is 2.05 bits per heavy atom. The zero-order valence-electron chi connectivity index (χ0n) is 12.0. The van der Waals surface area contributed by atoms with Gasteiger partial charge in [-0.05, 0) is 29.2 Å². The van der Waals surface area contributed by atoms with Gasteiger partial charge in [0.1, 0.15) is 0 Å². The molecule has 3 N–H and O–H groups in total. The smallest absolute Gasteiger partial charge is 0.321 e. The number of amides is 1. The number of aromatic nitrogens is 1. The Kier molecular flexibility index (Phi) is 5.45. The predicted octanol–water partition coefficient (Wildman–Crippen LogP) is 1.93. The Bertz CT molecular complexity index is 536. The minimum absolute atomic E-state index is 0.0871. The van der Waals surface area contributed by atoms with Gasteiger partial charge in [-0.15, -0.1) is 0 Å². The van der Waals surface area contributed by atoms with Crippen molar-refractivity contribution in [3.63, 3.8) is 0 Å². The topological polar surface area (TPSA) is 125 Å². The SMILES string of the molecule is CC(C)(CCNC(=O)c1ccc([N+](=O)[O-])[nH]1)CCC(=O)O. The summed E-state index contributed by atoms with van der Waals surface area (Å²) in [6, 6.07) is 2.58. The zero-order valence-corrected chi connectivity index (χ0v) is 12.0. The highest BCUT2D eigenvalue weighted by molar-refractivity contribution is 5.92. The largest absolute Gasteiger partial charge is 0.481 e. The highest BCUT2D eigenvalue weighted by Crippen LogP contribution is 2.26. The first-order chi connectivity index (χ1) is 9.71. The third-order valence-corrected chi connectivity index (χ3v) is 3.21. The summed E-state index contributed by atoms with van der Waals surface area (Å²) >= 11 is 0. The van der Waals surface area contributed by atoms with Crippen molar-refractivity contribution in [1.82, 2.24) is 10.3 Å². The Labute approximate surface area is 121 Å². The zero-order chi connectivity index (χ0) is 16.0. The van der Waals surface area contributed by atoms with E-state index >= 15 is 0 Å². The molecule has 0 spiro atoms. The molecule has 0 aliphatic heterocycles. The lowest BCUT2D eigenvalue weighted by Gasteiger charge is -2.23. The number of hydrogen-bond acceptors (Lipinski definition) is 4. The number of aliphatic carboxylic acids is 1. The van der Waals surface area contributed by atoms with Crippen molar-refractivity contribution < 1.29 is 19.6 Å². The molecule has 1 heterocycles. The summed E-state index contributed by atoms with van der Waals surface area (Å²) in [5.41, 5.74) is -0.0713. The van der Waals surface area contributed by atoms with Gasteiger partial charge in [0.25, 0.3) is 5.91 Å². The van der Waals surface area contributed by atoms with Crippen LogP contribution in [0.3, 0.4) is 0 Å². The summed E-state index contributed by atoms with van der Waals surface area (Å²) in [4.78, 5) is 34.6. The van der Waals surface area contributed by atoms with Gasteiger partial charge < -0.3 is 20.5 Å². The minimum atomic E-state index is -0.842. The molecule has 1 aromatic rings. The molecule has 1 amide bonds. The standard InChI is InChI=1S/C13H19N3O5/c1-13(2,6-5-11(17)18)7-8-14-12(19)9-3-4-10(15-9)16(20)21/h3-4,15H,5-8H2,1-2H3,(H,14,19)(H,17,18). The average Bonchev–Trinajstić information content (AvgIpc) is 2.86. The number of hydrogen-bond donors (Lipinski definition) is 3. The quantitative estimate of drug-likeness (QED) is 0.499. The van der Waals surface area contributed by atoms with Crippen LogP contribution in [0.15, 0.2) is 12.1 Å². The van der Waals surface area contributed by atoms with Crippen LogP contribution in [0.5, 0.6) is 0 Å². The van der Waals surface area contributed by atoms with Gasteiger partial charge >= 0.3 is 11.8 Å². The fourth-order valence-electron chi connectivity index (χ4n) is 1.80. The van der Waals surface area contributed by atoms with E-state index in [0.29, 0.717) is 19.4 Å². The maximum atomic E-state index is 11.8. The molecule has 0 radical (unpaired) electrons. The molecule has 0 aliphatic rings. The molecule has 1 aromatic heterocycles. The van der Waals surface area contributed by atoms with Crippen LogP contribution in [0.4, 0.5) is 5.82 Å². The van der Waals surface area contributed by atoms with Gasteiger partial charge in [0, 0.05) is 19.0 Å². The Morgan fingerprint density at radius 1 is 1.38 bits per heavy atom. The van der Waals surface area contributed by atoms with Crippen LogP contribution >= 0.6 is 0 Å². The van der Waals surface area contributed by atoms with Crippen molar-refractivity contribution in [3.8, 4) is 0 Å². The number of carbonyl (C=O) groups excluding carboxylic acids is 1. The number of carboxylic acids is 1. The highest BCUT2D eigenvalue weighted by Gasteiger charge is 2.20. The molecule has 0 aliphatic carbocycles. The molecular formula is C13H19N3O5. The first-order valence-corrected chi connectivity index (χ1v) is 6.55. The Hall–Kier alpha value is -2.38. The van der Waals surface area contributed by atoms with E-state index in [-0.39, 0.29) is 23.3 Å². The van der Waals surface area contributed by atoms with E-state index in [1.54, 1.807) is 0 Å². The van der Waals surface area contributed by atoms with Gasteiger partial charge in [-0.1, -0.05) is 13.8 Å². The van der Waals surface area contributed by atoms with Crippen LogP contribution in [0.25, 0.3) is 0 Å². The van der Waals surface area contributed by atoms with E-state index in [1.165, 1.54) is 12.1 Å². The monoisotopic (exact) mass is 297 g/mol. The van der Waals surface area contributed by atoms with E-state index in [0.717, 1.165) is 0 Å². The molecule has 21 heavy (non-hydrogen) atoms. The molecule has 116 valence electrons. The fourth-order valence-corrected chi connectivity index (χ4v) is 1.80. The van der Waals surface area contributed by atoms with Crippen LogP contribution in [0, 0.1) is 15.5 Å². The van der Waals surface area contributed by atoms with Crippen molar-refractivity contribution in [3.05, 3.63) is 27.9 Å². The lowest BCUT2D eigenvalue weighted by molar-refractivity contribution is -0.389. The molecule has 0 bridgehead atoms. The molecule has 8 heteroatoms. The number of aromatic amines is 1. The van der Waals surface area contributed by atoms with E-state index < -0.39 is 16.8 Å². The van der Waals surface area contributed by atoms with Crippen molar-refractivity contribution in [2.45, 2.75) is 33.1 Å². The number of rotatable bonds is 8. The lowest BCUT2D eigenvalue weighted by atomic mass is 9.84. The van der Waals surface area contributed by atoms with Gasteiger partial charge in [-0.25, -0.2) is 4.98 Å². The fraction of sp³-hybridized carbons (Fsp3) is 0.538. The van der Waals surface area contributed by atoms with E-state index in [4.69, 9.17) is 5.11 Å². The van der Waals surface area contributed by atoms with Crippen molar-refractivity contribution in [2.75, 3.05) is 6.54 Å². The van der Waals surface area contributed by atoms with Crippen molar-refractivity contribution in [2.24, 2.45) is 5.41 Å². The van der Waals surface area contributed by atoms with E-state index in [9.17, 15) is 19.7 Å². The van der Waals surface area contributed by atoms with Crippen LogP contribution in [-0.2, 0) is 4.79 Å². The molecule has 0 fully saturated rings. The number of H-pyrrole nitrogens is 1. The summed E-state index contributed by atoms with van der Waals surface area (Å²) in [5, 5.41) is 21.8. The Balaban J connectivity index is 2.42. The average molecular weight is 297 g/mol. The highest BCUT2D eigenvalue weighted by atomic mass is 16.6. The summed E-state index contributed by atoms with van der Waals surface area (Å²) in [7, 11) is 0. The molecule has 0 unspecified atom stereocenters. The normalized spacial score (nSPS) is 11.1. The van der Waals surface area contributed by atoms with Gasteiger partial charge in [0.05, 0.1) is 0 Å². The van der Waals surface area contributed by atoms with Crippen LogP contribution in [-0.4, -0.2) is 33.4 Å². The molecular weight excluding hydrogens is 278 g/mol. The van der Waals surface area contributed by atoms with E-state index in [1.807, 2.05) is 13.8 Å². The second-order valence-electron chi connectivity index (χ2n) is 5.58. The molecule has 0 aromatic carbocycles. The van der Waals surface area contributed by atoms with Crippen LogP contribution in [0.2, 0.25) is 0 Å². The molecule has 0 saturated heterocycles. The van der Waals surface area contributed by atoms with Crippen molar-refractivity contribution >= 4 is 17.7 Å². The number of carboxylic acid groups (broad SMARTS) is 1. The maximum absolute atomic E-state index is 11.8. The predicted molar refractivity (Wildman–Crippen MR) is 75.0 cm³/mol. The number of nitrogens with zero attached hydrogens (tertiary/aromatic N) is 1. The number of carbonyl (C=O) groups is 2. The first kappa shape index (κ1) is 16.7. The second-order valence-corrected chi connectivity index (χ2v) is 5.58. The number of nitro groups is 1. The van der Waals surface area contributed by atoms with Gasteiger partial charge in [-0.2, -0.15) is 0 Å². The molecule has 1 rings (SSSR count). The summed E-state index contributed by atoms with van der Waals surface area (Å²) in [6.07, 6.45) is 1.23. The van der Waals surface area contributed by atoms with Crippen LogP contribution < -0.4 is 5.32 Å². The summed E-state index contributed by atoms with van der Waals surface area (Å²) in [6.45, 7) is 4.24. The first-order valence-electron chi connectivity index (χ1n) is 6.55. The molecule has 0 atom stereocenters. The summed E-state index contributed by atoms with van der Waals surface area (Å²) < 4.78 is 0. The van der Waals surface area contributed by atoms with Crippen molar-refractivity contribution in [1.29, 1.82) is 0 Å². The lowest BCUT2D eigenvalue weighted by Crippen LogP contribution is -2.28. The van der Waals surface area contributed by atoms with Crippen LogP contribution in [0.1, 0.15) is 43.6 Å². The Morgan fingerprint density at radius 3 is 2.57 bits per heavy atom. The third-order valence-electron chi connectivity index (χ3n) is 3.21. The van der Waals surface area contributed by atoms with E-state index in [2.05, 4.69) is 10.3 Å². The van der Waals surface area contributed by atoms with Gasteiger partial charge in [-0.3, -0.25) is 9.59 Å².